The molecule has 3 aliphatic rings. The van der Waals surface area contributed by atoms with Gasteiger partial charge in [0.25, 0.3) is 5.91 Å². The van der Waals surface area contributed by atoms with Crippen LogP contribution in [0.25, 0.3) is 0 Å². The number of nitrogens with zero attached hydrogens (tertiary/aromatic N) is 2. The molecule has 5 nitrogen and oxygen atoms in total. The van der Waals surface area contributed by atoms with E-state index in [-0.39, 0.29) is 22.4 Å². The highest BCUT2D eigenvalue weighted by atomic mass is 32.2. The Morgan fingerprint density at radius 2 is 2.07 bits per heavy atom. The largest absolute Gasteiger partial charge is 0.493 e. The van der Waals surface area contributed by atoms with Crippen LogP contribution in [0.1, 0.15) is 30.4 Å². The second-order valence-corrected chi connectivity index (χ2v) is 8.79. The summed E-state index contributed by atoms with van der Waals surface area (Å²) in [6, 6.07) is 10.0. The van der Waals surface area contributed by atoms with Gasteiger partial charge >= 0.3 is 0 Å². The molecule has 1 saturated carbocycles. The van der Waals surface area contributed by atoms with Gasteiger partial charge in [-0.1, -0.05) is 30.0 Å². The van der Waals surface area contributed by atoms with Crippen molar-refractivity contribution in [3.63, 3.8) is 0 Å². The number of fused-ring (bicyclic) bond motifs is 2. The Morgan fingerprint density at radius 1 is 1.28 bits per heavy atom. The molecule has 8 heteroatoms. The lowest BCUT2D eigenvalue weighted by molar-refractivity contribution is -0.137. The number of rotatable bonds is 3. The molecule has 2 aromatic carbocycles. The third-order valence-corrected chi connectivity index (χ3v) is 7.02. The van der Waals surface area contributed by atoms with Crippen LogP contribution in [-0.2, 0) is 9.67 Å². The summed E-state index contributed by atoms with van der Waals surface area (Å²) in [4.78, 5) is 12.4. The van der Waals surface area contributed by atoms with Crippen LogP contribution in [0.15, 0.2) is 47.6 Å². The minimum Gasteiger partial charge on any atom is -0.493 e. The molecule has 2 aromatic rings. The lowest BCUT2D eigenvalue weighted by Gasteiger charge is -2.40. The van der Waals surface area contributed by atoms with Gasteiger partial charge in [-0.25, -0.2) is 13.8 Å². The van der Waals surface area contributed by atoms with Crippen molar-refractivity contribution < 1.29 is 18.3 Å². The molecule has 2 aliphatic heterocycles. The molecule has 2 atom stereocenters. The Balaban J connectivity index is 1.63. The molecule has 5 rings (SSSR count). The summed E-state index contributed by atoms with van der Waals surface area (Å²) in [5, 5.41) is 6.14. The molecule has 1 fully saturated rings. The first-order valence-corrected chi connectivity index (χ1v) is 10.4. The minimum absolute atomic E-state index is 0.0358. The van der Waals surface area contributed by atoms with E-state index in [9.17, 15) is 13.6 Å². The Labute approximate surface area is 170 Å². The van der Waals surface area contributed by atoms with Gasteiger partial charge in [-0.3, -0.25) is 4.79 Å². The van der Waals surface area contributed by atoms with Gasteiger partial charge in [0.05, 0.1) is 12.6 Å². The highest BCUT2D eigenvalue weighted by molar-refractivity contribution is 8.15. The van der Waals surface area contributed by atoms with Crippen LogP contribution < -0.4 is 10.5 Å². The molecule has 0 aromatic heterocycles. The van der Waals surface area contributed by atoms with Crippen LogP contribution in [0.5, 0.6) is 5.75 Å². The van der Waals surface area contributed by atoms with Gasteiger partial charge < -0.3 is 10.5 Å². The number of para-hydroxylation sites is 1. The molecule has 0 radical (unpaired) electrons. The molecule has 29 heavy (non-hydrogen) atoms. The number of carbonyl (C=O) groups is 1. The quantitative estimate of drug-likeness (QED) is 0.832. The average molecular weight is 415 g/mol. The van der Waals surface area contributed by atoms with Crippen LogP contribution in [0.4, 0.5) is 8.78 Å². The third kappa shape index (κ3) is 3.02. The van der Waals surface area contributed by atoms with Crippen molar-refractivity contribution in [2.24, 2.45) is 16.8 Å². The molecule has 1 amide bonds. The maximum Gasteiger partial charge on any atom is 0.261 e. The second-order valence-electron chi connectivity index (χ2n) is 7.52. The molecule has 2 N–H and O–H groups in total. The maximum absolute atomic E-state index is 14.5. The molecular weight excluding hydrogens is 396 g/mol. The minimum atomic E-state index is -0.896. The van der Waals surface area contributed by atoms with E-state index in [1.165, 1.54) is 16.8 Å². The van der Waals surface area contributed by atoms with Crippen molar-refractivity contribution in [3.8, 4) is 5.75 Å². The van der Waals surface area contributed by atoms with Crippen LogP contribution in [0, 0.1) is 17.6 Å². The number of carbonyl (C=O) groups excluding carboxylic acids is 1. The summed E-state index contributed by atoms with van der Waals surface area (Å²) in [6.07, 6.45) is 2.28. The zero-order chi connectivity index (χ0) is 20.2. The molecular formula is C21H19F2N3O2S. The fourth-order valence-corrected chi connectivity index (χ4v) is 5.26. The summed E-state index contributed by atoms with van der Waals surface area (Å²) >= 11 is 1.25. The maximum atomic E-state index is 14.5. The molecule has 1 aliphatic carbocycles. The molecule has 2 heterocycles. The number of hydrazone groups is 1. The Bertz CT molecular complexity index is 1030. The first-order valence-electron chi connectivity index (χ1n) is 9.54. The summed E-state index contributed by atoms with van der Waals surface area (Å²) < 4.78 is 34.1. The lowest BCUT2D eigenvalue weighted by atomic mass is 9.98. The highest BCUT2D eigenvalue weighted by Crippen LogP contribution is 2.54. The van der Waals surface area contributed by atoms with E-state index in [1.807, 2.05) is 24.3 Å². The van der Waals surface area contributed by atoms with E-state index in [2.05, 4.69) is 5.10 Å². The number of nitrogens with two attached hydrogens (primary N) is 1. The molecule has 150 valence electrons. The normalized spacial score (nSPS) is 24.1. The van der Waals surface area contributed by atoms with Gasteiger partial charge in [0.15, 0.2) is 0 Å². The van der Waals surface area contributed by atoms with Crippen molar-refractivity contribution >= 4 is 22.7 Å². The molecule has 0 saturated heterocycles. The standard InChI is InChI=1S/C21H19F2N3O2S/c22-13-7-8-16(23)14(11-13)19-25-26(20(27)18(24)12-5-6-12)21(29-19)9-10-28-17-4-2-1-3-15(17)21/h1-4,7-8,11-12,18H,5-6,9-10,24H2/t18-,21?/m0/s1. The predicted octanol–water partition coefficient (Wildman–Crippen LogP) is 3.57. The van der Waals surface area contributed by atoms with E-state index in [1.54, 1.807) is 0 Å². The monoisotopic (exact) mass is 415 g/mol. The summed E-state index contributed by atoms with van der Waals surface area (Å²) in [6.45, 7) is 0.376. The Hall–Kier alpha value is -2.45. The number of ether oxygens (including phenoxy) is 1. The van der Waals surface area contributed by atoms with Gasteiger partial charge in [-0.05, 0) is 43.0 Å². The zero-order valence-corrected chi connectivity index (χ0v) is 16.3. The van der Waals surface area contributed by atoms with Crippen molar-refractivity contribution in [3.05, 3.63) is 65.2 Å². The topological polar surface area (TPSA) is 67.9 Å². The van der Waals surface area contributed by atoms with Crippen molar-refractivity contribution in [1.82, 2.24) is 5.01 Å². The number of amides is 1. The van der Waals surface area contributed by atoms with E-state index in [0.29, 0.717) is 18.8 Å². The number of hydrogen-bond acceptors (Lipinski definition) is 5. The first-order chi connectivity index (χ1) is 14.0. The predicted molar refractivity (Wildman–Crippen MR) is 106 cm³/mol. The third-order valence-electron chi connectivity index (χ3n) is 5.59. The van der Waals surface area contributed by atoms with Crippen LogP contribution in [0.3, 0.4) is 0 Å². The fraction of sp³-hybridized carbons (Fsp3) is 0.333. The lowest BCUT2D eigenvalue weighted by Crippen LogP contribution is -2.51. The van der Waals surface area contributed by atoms with Crippen molar-refractivity contribution in [1.29, 1.82) is 0 Å². The summed E-state index contributed by atoms with van der Waals surface area (Å²) in [5.41, 5.74) is 7.03. The van der Waals surface area contributed by atoms with Gasteiger partial charge in [0, 0.05) is 17.5 Å². The van der Waals surface area contributed by atoms with Crippen molar-refractivity contribution in [2.45, 2.75) is 30.2 Å². The van der Waals surface area contributed by atoms with E-state index >= 15 is 0 Å². The summed E-state index contributed by atoms with van der Waals surface area (Å²) in [5.74, 6) is -0.659. The molecule has 0 bridgehead atoms. The van der Waals surface area contributed by atoms with E-state index < -0.39 is 22.5 Å². The van der Waals surface area contributed by atoms with E-state index in [4.69, 9.17) is 10.5 Å². The second kappa shape index (κ2) is 6.81. The van der Waals surface area contributed by atoms with Crippen LogP contribution >= 0.6 is 11.8 Å². The molecule has 1 spiro atoms. The number of benzene rings is 2. The van der Waals surface area contributed by atoms with Crippen LogP contribution in [-0.4, -0.2) is 28.6 Å². The highest BCUT2D eigenvalue weighted by Gasteiger charge is 2.53. The van der Waals surface area contributed by atoms with Gasteiger partial charge in [-0.2, -0.15) is 5.10 Å². The Kier molecular flexibility index (Phi) is 4.36. The fourth-order valence-electron chi connectivity index (χ4n) is 3.87. The van der Waals surface area contributed by atoms with Crippen LogP contribution in [0.2, 0.25) is 0 Å². The number of thioether (sulfide) groups is 1. The number of hydrogen-bond donors (Lipinski definition) is 1. The van der Waals surface area contributed by atoms with Gasteiger partial charge in [0.2, 0.25) is 0 Å². The van der Waals surface area contributed by atoms with E-state index in [0.717, 1.165) is 36.6 Å². The van der Waals surface area contributed by atoms with Gasteiger partial charge in [0.1, 0.15) is 27.3 Å². The molecule has 1 unspecified atom stereocenters. The SMILES string of the molecule is N[C@H](C(=O)N1N=C(c2cc(F)ccc2F)SC12CCOc1ccccc12)C1CC1. The number of halogens is 2. The Morgan fingerprint density at radius 3 is 2.86 bits per heavy atom. The van der Waals surface area contributed by atoms with Gasteiger partial charge in [-0.15, -0.1) is 0 Å². The summed E-state index contributed by atoms with van der Waals surface area (Å²) in [7, 11) is 0. The first kappa shape index (κ1) is 18.6. The average Bonchev–Trinajstić information content (AvgIpc) is 3.51. The van der Waals surface area contributed by atoms with Crippen molar-refractivity contribution in [2.75, 3.05) is 6.61 Å². The smallest absolute Gasteiger partial charge is 0.261 e. The zero-order valence-electron chi connectivity index (χ0n) is 15.5.